The van der Waals surface area contributed by atoms with Crippen LogP contribution in [0.5, 0.6) is 5.75 Å². The fourth-order valence-electron chi connectivity index (χ4n) is 1.91. The molecule has 0 aliphatic heterocycles. The van der Waals surface area contributed by atoms with Gasteiger partial charge in [0.25, 0.3) is 0 Å². The second kappa shape index (κ2) is 15.5. The van der Waals surface area contributed by atoms with Crippen molar-refractivity contribution in [1.29, 1.82) is 0 Å². The lowest BCUT2D eigenvalue weighted by Crippen LogP contribution is -2.38. The Bertz CT molecular complexity index is 458. The number of hydrogen-bond acceptors (Lipinski definition) is 4. The fourth-order valence-corrected chi connectivity index (χ4v) is 1.91. The molecule has 2 N–H and O–H groups in total. The van der Waals surface area contributed by atoms with Gasteiger partial charge >= 0.3 is 0 Å². The van der Waals surface area contributed by atoms with E-state index in [1.54, 1.807) is 14.2 Å². The van der Waals surface area contributed by atoms with E-state index in [0.717, 1.165) is 36.8 Å². The van der Waals surface area contributed by atoms with Crippen LogP contribution >= 0.6 is 24.0 Å². The molecule has 0 aromatic heterocycles. The third-order valence-electron chi connectivity index (χ3n) is 3.02. The van der Waals surface area contributed by atoms with Gasteiger partial charge in [-0.2, -0.15) is 0 Å². The summed E-state index contributed by atoms with van der Waals surface area (Å²) in [7, 11) is 3.38. The maximum atomic E-state index is 5.71. The number of rotatable bonds is 11. The summed E-state index contributed by atoms with van der Waals surface area (Å²) in [4.78, 5) is 4.57. The number of aliphatic imine (C=N–C) groups is 1. The molecule has 24 heavy (non-hydrogen) atoms. The minimum atomic E-state index is 0. The third kappa shape index (κ3) is 10.7. The Morgan fingerprint density at radius 3 is 2.58 bits per heavy atom. The lowest BCUT2D eigenvalue weighted by Gasteiger charge is -2.11. The van der Waals surface area contributed by atoms with Crippen molar-refractivity contribution in [2.24, 2.45) is 4.99 Å². The molecule has 0 unspecified atom stereocenters. The SMILES string of the molecule is CCNC(=NCc1cccc(OCCCOC)c1)NCCOC.I. The van der Waals surface area contributed by atoms with Crippen molar-refractivity contribution in [1.82, 2.24) is 10.6 Å². The summed E-state index contributed by atoms with van der Waals surface area (Å²) in [5.74, 6) is 1.65. The van der Waals surface area contributed by atoms with Crippen molar-refractivity contribution < 1.29 is 14.2 Å². The topological polar surface area (TPSA) is 64.1 Å². The molecule has 1 rings (SSSR count). The van der Waals surface area contributed by atoms with Crippen LogP contribution in [0.4, 0.5) is 0 Å². The monoisotopic (exact) mass is 451 g/mol. The van der Waals surface area contributed by atoms with Crippen molar-refractivity contribution in [3.05, 3.63) is 29.8 Å². The van der Waals surface area contributed by atoms with Crippen molar-refractivity contribution in [3.8, 4) is 5.75 Å². The van der Waals surface area contributed by atoms with Crippen LogP contribution in [0.2, 0.25) is 0 Å². The number of methoxy groups -OCH3 is 2. The number of nitrogens with one attached hydrogen (secondary N) is 2. The van der Waals surface area contributed by atoms with Crippen LogP contribution in [0, 0.1) is 0 Å². The molecule has 6 nitrogen and oxygen atoms in total. The summed E-state index contributed by atoms with van der Waals surface area (Å²) in [6.07, 6.45) is 0.882. The standard InChI is InChI=1S/C17H29N3O3.HI/c1-4-18-17(19-9-12-22-3)20-14-15-7-5-8-16(13-15)23-11-6-10-21-2;/h5,7-8,13H,4,6,9-12,14H2,1-3H3,(H2,18,19,20);1H. The first-order chi connectivity index (χ1) is 11.3. The van der Waals surface area contributed by atoms with Crippen LogP contribution in [-0.4, -0.2) is 53.1 Å². The highest BCUT2D eigenvalue weighted by Gasteiger charge is 1.99. The molecule has 0 saturated carbocycles. The molecule has 7 heteroatoms. The van der Waals surface area contributed by atoms with Gasteiger partial charge in [-0.1, -0.05) is 12.1 Å². The fraction of sp³-hybridized carbons (Fsp3) is 0.588. The molecule has 0 amide bonds. The Hall–Kier alpha value is -1.06. The minimum absolute atomic E-state index is 0. The van der Waals surface area contributed by atoms with Crippen LogP contribution in [0.3, 0.4) is 0 Å². The number of ether oxygens (including phenoxy) is 3. The van der Waals surface area contributed by atoms with Gasteiger partial charge in [-0.05, 0) is 24.6 Å². The predicted molar refractivity (Wildman–Crippen MR) is 109 cm³/mol. The van der Waals surface area contributed by atoms with E-state index in [-0.39, 0.29) is 24.0 Å². The van der Waals surface area contributed by atoms with Crippen LogP contribution in [0.15, 0.2) is 29.3 Å². The second-order valence-electron chi connectivity index (χ2n) is 4.96. The molecule has 0 spiro atoms. The van der Waals surface area contributed by atoms with E-state index >= 15 is 0 Å². The van der Waals surface area contributed by atoms with Crippen molar-refractivity contribution in [2.45, 2.75) is 19.9 Å². The van der Waals surface area contributed by atoms with Gasteiger partial charge in [0.05, 0.1) is 19.8 Å². The average Bonchev–Trinajstić information content (AvgIpc) is 2.57. The van der Waals surface area contributed by atoms with Crippen molar-refractivity contribution in [3.63, 3.8) is 0 Å². The third-order valence-corrected chi connectivity index (χ3v) is 3.02. The van der Waals surface area contributed by atoms with Gasteiger partial charge in [-0.25, -0.2) is 4.99 Å². The first-order valence-corrected chi connectivity index (χ1v) is 8.02. The van der Waals surface area contributed by atoms with Gasteiger partial charge in [-0.3, -0.25) is 0 Å². The minimum Gasteiger partial charge on any atom is -0.493 e. The molecule has 0 aliphatic rings. The Morgan fingerprint density at radius 2 is 1.88 bits per heavy atom. The maximum absolute atomic E-state index is 5.71. The molecule has 1 aromatic rings. The van der Waals surface area contributed by atoms with Crippen LogP contribution in [0.25, 0.3) is 0 Å². The smallest absolute Gasteiger partial charge is 0.191 e. The lowest BCUT2D eigenvalue weighted by molar-refractivity contribution is 0.172. The van der Waals surface area contributed by atoms with E-state index in [0.29, 0.717) is 26.4 Å². The summed E-state index contributed by atoms with van der Waals surface area (Å²) in [5.41, 5.74) is 1.11. The Morgan fingerprint density at radius 1 is 1.08 bits per heavy atom. The molecule has 138 valence electrons. The van der Waals surface area contributed by atoms with Crippen LogP contribution in [0.1, 0.15) is 18.9 Å². The maximum Gasteiger partial charge on any atom is 0.191 e. The van der Waals surface area contributed by atoms with Gasteiger partial charge in [0.1, 0.15) is 5.75 Å². The normalized spacial score (nSPS) is 10.9. The number of nitrogens with zero attached hydrogens (tertiary/aromatic N) is 1. The summed E-state index contributed by atoms with van der Waals surface area (Å²) in [6.45, 7) is 6.20. The molecular weight excluding hydrogens is 421 g/mol. The Kier molecular flexibility index (Phi) is 14.8. The number of benzene rings is 1. The quantitative estimate of drug-likeness (QED) is 0.234. The van der Waals surface area contributed by atoms with Gasteiger partial charge < -0.3 is 24.8 Å². The summed E-state index contributed by atoms with van der Waals surface area (Å²) < 4.78 is 15.8. The van der Waals surface area contributed by atoms with Gasteiger partial charge in [0, 0.05) is 40.3 Å². The zero-order chi connectivity index (χ0) is 16.8. The highest BCUT2D eigenvalue weighted by atomic mass is 127. The first-order valence-electron chi connectivity index (χ1n) is 8.02. The molecule has 0 aliphatic carbocycles. The van der Waals surface area contributed by atoms with Crippen molar-refractivity contribution in [2.75, 3.05) is 47.1 Å². The molecule has 0 saturated heterocycles. The average molecular weight is 451 g/mol. The van der Waals surface area contributed by atoms with E-state index < -0.39 is 0 Å². The highest BCUT2D eigenvalue weighted by molar-refractivity contribution is 14.0. The predicted octanol–water partition coefficient (Wildman–Crippen LogP) is 2.42. The van der Waals surface area contributed by atoms with E-state index in [9.17, 15) is 0 Å². The molecule has 0 atom stereocenters. The lowest BCUT2D eigenvalue weighted by atomic mass is 10.2. The molecule has 0 fully saturated rings. The number of halogens is 1. The Balaban J connectivity index is 0.00000529. The van der Waals surface area contributed by atoms with E-state index in [2.05, 4.69) is 15.6 Å². The van der Waals surface area contributed by atoms with Crippen molar-refractivity contribution >= 4 is 29.9 Å². The summed E-state index contributed by atoms with van der Waals surface area (Å²) in [6, 6.07) is 8.02. The molecule has 0 heterocycles. The second-order valence-corrected chi connectivity index (χ2v) is 4.96. The highest BCUT2D eigenvalue weighted by Crippen LogP contribution is 2.14. The number of guanidine groups is 1. The largest absolute Gasteiger partial charge is 0.493 e. The first kappa shape index (κ1) is 22.9. The van der Waals surface area contributed by atoms with E-state index in [1.807, 2.05) is 31.2 Å². The summed E-state index contributed by atoms with van der Waals surface area (Å²) >= 11 is 0. The van der Waals surface area contributed by atoms with Crippen LogP contribution < -0.4 is 15.4 Å². The van der Waals surface area contributed by atoms with Gasteiger partial charge in [-0.15, -0.1) is 24.0 Å². The summed E-state index contributed by atoms with van der Waals surface area (Å²) in [5, 5.41) is 6.44. The van der Waals surface area contributed by atoms with Crippen LogP contribution in [-0.2, 0) is 16.0 Å². The zero-order valence-corrected chi connectivity index (χ0v) is 17.2. The molecular formula is C17H30IN3O3. The van der Waals surface area contributed by atoms with E-state index in [1.165, 1.54) is 0 Å². The Labute approximate surface area is 162 Å². The van der Waals surface area contributed by atoms with Gasteiger partial charge in [0.15, 0.2) is 5.96 Å². The molecule has 1 aromatic carbocycles. The molecule has 0 bridgehead atoms. The number of hydrogen-bond donors (Lipinski definition) is 2. The zero-order valence-electron chi connectivity index (χ0n) is 14.8. The molecule has 0 radical (unpaired) electrons. The van der Waals surface area contributed by atoms with E-state index in [4.69, 9.17) is 14.2 Å². The van der Waals surface area contributed by atoms with Gasteiger partial charge in [0.2, 0.25) is 0 Å².